The molecule has 0 N–H and O–H groups in total. The van der Waals surface area contributed by atoms with Gasteiger partial charge in [0.2, 0.25) is 0 Å². The average Bonchev–Trinajstić information content (AvgIpc) is 2.79. The third-order valence-corrected chi connectivity index (χ3v) is 3.04. The van der Waals surface area contributed by atoms with Crippen molar-refractivity contribution in [1.82, 2.24) is 4.57 Å². The molecule has 0 aliphatic carbocycles. The molecule has 1 aromatic heterocycles. The number of benzene rings is 1. The number of hydrogen-bond donors (Lipinski definition) is 0. The molecule has 16 heavy (non-hydrogen) atoms. The Kier molecular flexibility index (Phi) is 2.07. The number of fused-ring (bicyclic) bond motifs is 3. The second kappa shape index (κ2) is 3.46. The molecular formula is C13H13NO2. The zero-order chi connectivity index (χ0) is 11.1. The molecular weight excluding hydrogens is 202 g/mol. The second-order valence-electron chi connectivity index (χ2n) is 4.00. The van der Waals surface area contributed by atoms with Crippen molar-refractivity contribution >= 4 is 16.7 Å². The fraction of sp³-hybridized carbons (Fsp3) is 0.308. The van der Waals surface area contributed by atoms with Crippen molar-refractivity contribution in [2.45, 2.75) is 19.6 Å². The summed E-state index contributed by atoms with van der Waals surface area (Å²) in [5, 5.41) is 1.11. The highest BCUT2D eigenvalue weighted by Crippen LogP contribution is 2.33. The zero-order valence-electron chi connectivity index (χ0n) is 9.14. The molecule has 3 heteroatoms. The van der Waals surface area contributed by atoms with Crippen LogP contribution in [0.1, 0.15) is 30.1 Å². The van der Waals surface area contributed by atoms with Crippen molar-refractivity contribution in [3.8, 4) is 0 Å². The smallest absolute Gasteiger partial charge is 0.183 e. The van der Waals surface area contributed by atoms with Gasteiger partial charge in [-0.15, -0.1) is 0 Å². The number of ether oxygens (including phenoxy) is 1. The first-order chi connectivity index (χ1) is 7.81. The summed E-state index contributed by atoms with van der Waals surface area (Å²) in [6.07, 6.45) is 0.348. The number of hydrogen-bond acceptors (Lipinski definition) is 2. The van der Waals surface area contributed by atoms with E-state index in [1.165, 1.54) is 0 Å². The maximum absolute atomic E-state index is 11.8. The van der Waals surface area contributed by atoms with E-state index < -0.39 is 0 Å². The van der Waals surface area contributed by atoms with Crippen molar-refractivity contribution in [2.24, 2.45) is 0 Å². The lowest BCUT2D eigenvalue weighted by Gasteiger charge is -2.13. The minimum atomic E-state index is -0.118. The summed E-state index contributed by atoms with van der Waals surface area (Å²) in [7, 11) is 0. The number of carbonyl (C=O) groups is 1. The lowest BCUT2D eigenvalue weighted by molar-refractivity contribution is 0.0200. The molecule has 0 amide bonds. The number of nitrogens with zero attached hydrogens (tertiary/aromatic N) is 1. The Labute approximate surface area is 93.6 Å². The Morgan fingerprint density at radius 1 is 1.44 bits per heavy atom. The van der Waals surface area contributed by atoms with Gasteiger partial charge in [0.25, 0.3) is 0 Å². The van der Waals surface area contributed by atoms with Crippen LogP contribution >= 0.6 is 0 Å². The lowest BCUT2D eigenvalue weighted by atomic mass is 10.2. The Bertz CT molecular complexity index is 556. The molecule has 0 radical (unpaired) electrons. The van der Waals surface area contributed by atoms with Gasteiger partial charge < -0.3 is 9.30 Å². The molecule has 1 aliphatic rings. The molecule has 0 saturated heterocycles. The minimum Gasteiger partial charge on any atom is -0.358 e. The molecule has 82 valence electrons. The van der Waals surface area contributed by atoms with Crippen LogP contribution in [0.4, 0.5) is 0 Å². The van der Waals surface area contributed by atoms with Crippen LogP contribution in [0, 0.1) is 0 Å². The predicted molar refractivity (Wildman–Crippen MR) is 61.5 cm³/mol. The Balaban J connectivity index is 2.22. The molecule has 3 rings (SSSR count). The highest BCUT2D eigenvalue weighted by molar-refractivity contribution is 6.02. The van der Waals surface area contributed by atoms with Gasteiger partial charge in [0.1, 0.15) is 6.23 Å². The van der Waals surface area contributed by atoms with E-state index in [0.29, 0.717) is 13.0 Å². The molecule has 1 unspecified atom stereocenters. The van der Waals surface area contributed by atoms with Gasteiger partial charge in [-0.2, -0.15) is 0 Å². The largest absolute Gasteiger partial charge is 0.358 e. The van der Waals surface area contributed by atoms with Gasteiger partial charge in [0.15, 0.2) is 5.78 Å². The number of Topliss-reactive ketones (excluding diaryl/α,β-unsaturated/α-hetero) is 1. The molecule has 0 bridgehead atoms. The van der Waals surface area contributed by atoms with Crippen LogP contribution in [0.15, 0.2) is 30.3 Å². The van der Waals surface area contributed by atoms with Gasteiger partial charge in [0.05, 0.1) is 17.6 Å². The van der Waals surface area contributed by atoms with E-state index in [1.54, 1.807) is 0 Å². The molecule has 0 saturated carbocycles. The molecule has 1 atom stereocenters. The Hall–Kier alpha value is -1.61. The van der Waals surface area contributed by atoms with E-state index in [-0.39, 0.29) is 12.0 Å². The minimum absolute atomic E-state index is 0.118. The average molecular weight is 215 g/mol. The van der Waals surface area contributed by atoms with E-state index in [0.717, 1.165) is 16.6 Å². The quantitative estimate of drug-likeness (QED) is 0.771. The third-order valence-electron chi connectivity index (χ3n) is 3.04. The normalized spacial score (nSPS) is 19.3. The number of rotatable bonds is 2. The number of carbonyl (C=O) groups excluding carboxylic acids is 1. The van der Waals surface area contributed by atoms with Gasteiger partial charge in [0, 0.05) is 12.0 Å². The van der Waals surface area contributed by atoms with E-state index in [4.69, 9.17) is 4.74 Å². The fourth-order valence-corrected chi connectivity index (χ4v) is 2.38. The number of aromatic nitrogens is 1. The summed E-state index contributed by atoms with van der Waals surface area (Å²) in [6, 6.07) is 9.98. The van der Waals surface area contributed by atoms with Crippen molar-refractivity contribution in [1.29, 1.82) is 0 Å². The summed E-state index contributed by atoms with van der Waals surface area (Å²) in [5.74, 6) is 0.176. The molecule has 2 heterocycles. The van der Waals surface area contributed by atoms with E-state index >= 15 is 0 Å². The van der Waals surface area contributed by atoms with Gasteiger partial charge in [-0.1, -0.05) is 18.2 Å². The first kappa shape index (κ1) is 9.60. The first-order valence-corrected chi connectivity index (χ1v) is 5.56. The predicted octanol–water partition coefficient (Wildman–Crippen LogP) is 2.76. The summed E-state index contributed by atoms with van der Waals surface area (Å²) in [4.78, 5) is 11.8. The van der Waals surface area contributed by atoms with Crippen molar-refractivity contribution in [3.63, 3.8) is 0 Å². The maximum Gasteiger partial charge on any atom is 0.183 e. The summed E-state index contributed by atoms with van der Waals surface area (Å²) >= 11 is 0. The molecule has 1 aliphatic heterocycles. The molecule has 0 fully saturated rings. The van der Waals surface area contributed by atoms with Crippen molar-refractivity contribution in [2.75, 3.05) is 6.61 Å². The van der Waals surface area contributed by atoms with Crippen LogP contribution in [-0.2, 0) is 4.74 Å². The van der Waals surface area contributed by atoms with Crippen LogP contribution in [0.3, 0.4) is 0 Å². The number of para-hydroxylation sites is 1. The number of ketones is 1. The topological polar surface area (TPSA) is 31.2 Å². The fourth-order valence-electron chi connectivity index (χ4n) is 2.38. The summed E-state index contributed by atoms with van der Waals surface area (Å²) < 4.78 is 7.62. The molecule has 3 nitrogen and oxygen atoms in total. The summed E-state index contributed by atoms with van der Waals surface area (Å²) in [6.45, 7) is 2.58. The highest BCUT2D eigenvalue weighted by atomic mass is 16.5. The molecule has 1 aromatic carbocycles. The van der Waals surface area contributed by atoms with Crippen LogP contribution in [-0.4, -0.2) is 17.0 Å². The van der Waals surface area contributed by atoms with E-state index in [9.17, 15) is 4.79 Å². The maximum atomic E-state index is 11.8. The van der Waals surface area contributed by atoms with Gasteiger partial charge >= 0.3 is 0 Å². The standard InChI is InChI=1S/C13H13NO2/c1-2-16-13-8-12(15)11-7-9-5-3-4-6-10(9)14(11)13/h3-7,13H,2,8H2,1H3. The third kappa shape index (κ3) is 1.21. The van der Waals surface area contributed by atoms with Crippen LogP contribution in [0.2, 0.25) is 0 Å². The van der Waals surface area contributed by atoms with Gasteiger partial charge in [-0.05, 0) is 19.1 Å². The van der Waals surface area contributed by atoms with Gasteiger partial charge in [-0.25, -0.2) is 0 Å². The van der Waals surface area contributed by atoms with Crippen molar-refractivity contribution < 1.29 is 9.53 Å². The monoisotopic (exact) mass is 215 g/mol. The Morgan fingerprint density at radius 3 is 3.06 bits per heavy atom. The van der Waals surface area contributed by atoms with E-state index in [2.05, 4.69) is 0 Å². The first-order valence-electron chi connectivity index (χ1n) is 5.56. The zero-order valence-corrected chi connectivity index (χ0v) is 9.14. The van der Waals surface area contributed by atoms with E-state index in [1.807, 2.05) is 41.8 Å². The van der Waals surface area contributed by atoms with Crippen LogP contribution < -0.4 is 0 Å². The van der Waals surface area contributed by atoms with Crippen LogP contribution in [0.25, 0.3) is 10.9 Å². The van der Waals surface area contributed by atoms with Crippen LogP contribution in [0.5, 0.6) is 0 Å². The lowest BCUT2D eigenvalue weighted by Crippen LogP contribution is -2.07. The molecule has 2 aromatic rings. The highest BCUT2D eigenvalue weighted by Gasteiger charge is 2.30. The van der Waals surface area contributed by atoms with Gasteiger partial charge in [-0.3, -0.25) is 4.79 Å². The molecule has 0 spiro atoms. The summed E-state index contributed by atoms with van der Waals surface area (Å²) in [5.41, 5.74) is 1.86. The Morgan fingerprint density at radius 2 is 2.25 bits per heavy atom. The second-order valence-corrected chi connectivity index (χ2v) is 4.00. The SMILES string of the molecule is CCOC1CC(=O)c2cc3ccccc3n21. The van der Waals surface area contributed by atoms with Crippen molar-refractivity contribution in [3.05, 3.63) is 36.0 Å².